The van der Waals surface area contributed by atoms with Gasteiger partial charge in [-0.25, -0.2) is 4.79 Å². The van der Waals surface area contributed by atoms with Crippen molar-refractivity contribution in [2.45, 2.75) is 6.92 Å². The van der Waals surface area contributed by atoms with Crippen molar-refractivity contribution in [2.24, 2.45) is 0 Å². The van der Waals surface area contributed by atoms with Crippen LogP contribution in [0, 0.1) is 0 Å². The molecule has 3 aromatic rings. The molecular formula is C21H19ClN2O6. The van der Waals surface area contributed by atoms with Crippen LogP contribution in [0.1, 0.15) is 27.6 Å². The van der Waals surface area contributed by atoms with Gasteiger partial charge in [-0.15, -0.1) is 0 Å². The molecule has 0 unspecified atom stereocenters. The van der Waals surface area contributed by atoms with Gasteiger partial charge in [0, 0.05) is 10.6 Å². The highest BCUT2D eigenvalue weighted by Crippen LogP contribution is 2.33. The molecule has 0 atom stereocenters. The van der Waals surface area contributed by atoms with Crippen molar-refractivity contribution in [1.82, 2.24) is 5.16 Å². The van der Waals surface area contributed by atoms with E-state index in [-0.39, 0.29) is 29.3 Å². The Kier molecular flexibility index (Phi) is 6.58. The Balaban J connectivity index is 2.04. The number of hydrogen-bond acceptors (Lipinski definition) is 7. The summed E-state index contributed by atoms with van der Waals surface area (Å²) in [6, 6.07) is 11.6. The SMILES string of the molecule is CCOC(=O)c1c(-c2ccc(Cl)cc2)noc1NC(=O)c1c(OC)cccc1OC. The molecule has 0 aliphatic rings. The number of nitrogens with zero attached hydrogens (tertiary/aromatic N) is 1. The highest BCUT2D eigenvalue weighted by Gasteiger charge is 2.28. The molecule has 9 heteroatoms. The summed E-state index contributed by atoms with van der Waals surface area (Å²) in [4.78, 5) is 25.6. The number of carbonyl (C=O) groups excluding carboxylic acids is 2. The minimum absolute atomic E-state index is 0.0126. The number of methoxy groups -OCH3 is 2. The van der Waals surface area contributed by atoms with Gasteiger partial charge >= 0.3 is 5.97 Å². The number of ether oxygens (including phenoxy) is 3. The van der Waals surface area contributed by atoms with Crippen LogP contribution in [0.15, 0.2) is 47.0 Å². The maximum Gasteiger partial charge on any atom is 0.346 e. The maximum absolute atomic E-state index is 13.0. The molecule has 8 nitrogen and oxygen atoms in total. The number of rotatable bonds is 7. The number of esters is 1. The number of benzene rings is 2. The second-order valence-corrected chi connectivity index (χ2v) is 6.39. The number of nitrogens with one attached hydrogen (secondary N) is 1. The molecule has 156 valence electrons. The van der Waals surface area contributed by atoms with Gasteiger partial charge in [-0.1, -0.05) is 35.0 Å². The van der Waals surface area contributed by atoms with E-state index in [1.807, 2.05) is 0 Å². The first-order valence-corrected chi connectivity index (χ1v) is 9.33. The van der Waals surface area contributed by atoms with Crippen molar-refractivity contribution in [3.8, 4) is 22.8 Å². The number of hydrogen-bond donors (Lipinski definition) is 1. The van der Waals surface area contributed by atoms with Gasteiger partial charge in [0.2, 0.25) is 5.88 Å². The Morgan fingerprint density at radius 1 is 1.03 bits per heavy atom. The van der Waals surface area contributed by atoms with Crippen molar-refractivity contribution in [3.63, 3.8) is 0 Å². The quantitative estimate of drug-likeness (QED) is 0.553. The zero-order chi connectivity index (χ0) is 21.7. The fourth-order valence-corrected chi connectivity index (χ4v) is 2.94. The van der Waals surface area contributed by atoms with Crippen molar-refractivity contribution < 1.29 is 28.3 Å². The average Bonchev–Trinajstić information content (AvgIpc) is 3.17. The third-order valence-corrected chi connectivity index (χ3v) is 4.42. The second-order valence-electron chi connectivity index (χ2n) is 5.95. The molecule has 30 heavy (non-hydrogen) atoms. The van der Waals surface area contributed by atoms with Gasteiger partial charge in [0.05, 0.1) is 20.8 Å². The molecule has 1 heterocycles. The van der Waals surface area contributed by atoms with Crippen LogP contribution >= 0.6 is 11.6 Å². The minimum atomic E-state index is -0.689. The normalized spacial score (nSPS) is 10.4. The summed E-state index contributed by atoms with van der Waals surface area (Å²) in [5.74, 6) is -0.861. The Hall–Kier alpha value is -3.52. The lowest BCUT2D eigenvalue weighted by molar-refractivity contribution is 0.0528. The predicted molar refractivity (Wildman–Crippen MR) is 110 cm³/mol. The van der Waals surface area contributed by atoms with Gasteiger partial charge in [0.25, 0.3) is 5.91 Å². The zero-order valence-electron chi connectivity index (χ0n) is 16.5. The van der Waals surface area contributed by atoms with Crippen LogP contribution < -0.4 is 14.8 Å². The van der Waals surface area contributed by atoms with E-state index in [0.29, 0.717) is 22.1 Å². The van der Waals surface area contributed by atoms with Gasteiger partial charge in [-0.05, 0) is 31.2 Å². The van der Waals surface area contributed by atoms with Crippen molar-refractivity contribution >= 4 is 29.4 Å². The number of anilines is 1. The molecule has 1 amide bonds. The molecule has 1 N–H and O–H groups in total. The lowest BCUT2D eigenvalue weighted by Crippen LogP contribution is -2.17. The van der Waals surface area contributed by atoms with E-state index in [1.54, 1.807) is 49.4 Å². The van der Waals surface area contributed by atoms with Crippen molar-refractivity contribution in [3.05, 3.63) is 58.6 Å². The Bertz CT molecular complexity index is 1040. The first-order valence-electron chi connectivity index (χ1n) is 8.95. The van der Waals surface area contributed by atoms with Gasteiger partial charge in [-0.2, -0.15) is 0 Å². The molecule has 0 aliphatic carbocycles. The molecule has 0 aliphatic heterocycles. The molecule has 1 aromatic heterocycles. The first kappa shape index (κ1) is 21.2. The Morgan fingerprint density at radius 3 is 2.23 bits per heavy atom. The van der Waals surface area contributed by atoms with E-state index in [4.69, 9.17) is 30.3 Å². The standard InChI is InChI=1S/C21H19ClN2O6/c1-4-29-21(26)17-18(12-8-10-13(22)11-9-12)24-30-20(17)23-19(25)16-14(27-2)6-5-7-15(16)28-3/h5-11H,4H2,1-3H3,(H,23,25). The van der Waals surface area contributed by atoms with Crippen LogP contribution in [0.5, 0.6) is 11.5 Å². The fraction of sp³-hybridized carbons (Fsp3) is 0.190. The molecule has 0 bridgehead atoms. The maximum atomic E-state index is 13.0. The second kappa shape index (κ2) is 9.32. The summed E-state index contributed by atoms with van der Waals surface area (Å²) in [5.41, 5.74) is 0.914. The molecular weight excluding hydrogens is 412 g/mol. The summed E-state index contributed by atoms with van der Waals surface area (Å²) in [6.07, 6.45) is 0. The van der Waals surface area contributed by atoms with E-state index < -0.39 is 11.9 Å². The third kappa shape index (κ3) is 4.23. The summed E-state index contributed by atoms with van der Waals surface area (Å²) < 4.78 is 20.9. The largest absolute Gasteiger partial charge is 0.496 e. The molecule has 2 aromatic carbocycles. The number of carbonyl (C=O) groups is 2. The smallest absolute Gasteiger partial charge is 0.346 e. The topological polar surface area (TPSA) is 99.9 Å². The number of aromatic nitrogens is 1. The van der Waals surface area contributed by atoms with Crippen LogP contribution in [0.3, 0.4) is 0 Å². The number of halogens is 1. The summed E-state index contributed by atoms with van der Waals surface area (Å²) in [6.45, 7) is 1.81. The third-order valence-electron chi connectivity index (χ3n) is 4.17. The van der Waals surface area contributed by atoms with Crippen molar-refractivity contribution in [2.75, 3.05) is 26.1 Å². The van der Waals surface area contributed by atoms with E-state index in [1.165, 1.54) is 14.2 Å². The molecule has 3 rings (SSSR count). The highest BCUT2D eigenvalue weighted by atomic mass is 35.5. The van der Waals surface area contributed by atoms with Gasteiger partial charge in [-0.3, -0.25) is 10.1 Å². The number of amides is 1. The Morgan fingerprint density at radius 2 is 1.67 bits per heavy atom. The van der Waals surface area contributed by atoms with Crippen LogP contribution in [-0.4, -0.2) is 37.9 Å². The minimum Gasteiger partial charge on any atom is -0.496 e. The van der Waals surface area contributed by atoms with E-state index in [9.17, 15) is 9.59 Å². The van der Waals surface area contributed by atoms with E-state index in [2.05, 4.69) is 10.5 Å². The summed E-state index contributed by atoms with van der Waals surface area (Å²) >= 11 is 5.93. The summed E-state index contributed by atoms with van der Waals surface area (Å²) in [5, 5.41) is 7.04. The van der Waals surface area contributed by atoms with Crippen LogP contribution in [0.2, 0.25) is 5.02 Å². The van der Waals surface area contributed by atoms with Gasteiger partial charge < -0.3 is 18.7 Å². The van der Waals surface area contributed by atoms with Crippen LogP contribution in [-0.2, 0) is 4.74 Å². The summed E-state index contributed by atoms with van der Waals surface area (Å²) in [7, 11) is 2.87. The lowest BCUT2D eigenvalue weighted by Gasteiger charge is -2.12. The first-order chi connectivity index (χ1) is 14.5. The average molecular weight is 431 g/mol. The molecule has 0 radical (unpaired) electrons. The molecule has 0 saturated heterocycles. The van der Waals surface area contributed by atoms with Gasteiger partial charge in [0.15, 0.2) is 5.56 Å². The van der Waals surface area contributed by atoms with Crippen LogP contribution in [0.4, 0.5) is 5.88 Å². The lowest BCUT2D eigenvalue weighted by atomic mass is 10.1. The van der Waals surface area contributed by atoms with Gasteiger partial charge in [0.1, 0.15) is 22.8 Å². The van der Waals surface area contributed by atoms with E-state index in [0.717, 1.165) is 0 Å². The molecule has 0 fully saturated rings. The Labute approximate surface area is 177 Å². The fourth-order valence-electron chi connectivity index (χ4n) is 2.81. The van der Waals surface area contributed by atoms with Crippen molar-refractivity contribution in [1.29, 1.82) is 0 Å². The molecule has 0 spiro atoms. The highest BCUT2D eigenvalue weighted by molar-refractivity contribution is 6.30. The zero-order valence-corrected chi connectivity index (χ0v) is 17.3. The predicted octanol–water partition coefficient (Wildman–Crippen LogP) is 4.44. The van der Waals surface area contributed by atoms with E-state index >= 15 is 0 Å². The van der Waals surface area contributed by atoms with Crippen LogP contribution in [0.25, 0.3) is 11.3 Å². The monoisotopic (exact) mass is 430 g/mol. The molecule has 0 saturated carbocycles.